The number of phenolic OH excluding ortho intramolecular Hbond substituents is 1. The van der Waals surface area contributed by atoms with Crippen LogP contribution in [0.25, 0.3) is 0 Å². The zero-order valence-corrected chi connectivity index (χ0v) is 6.56. The van der Waals surface area contributed by atoms with Crippen molar-refractivity contribution in [3.05, 3.63) is 24.3 Å². The molecule has 0 bridgehead atoms. The van der Waals surface area contributed by atoms with Gasteiger partial charge < -0.3 is 20.1 Å². The summed E-state index contributed by atoms with van der Waals surface area (Å²) in [5.74, 6) is -2.01. The zero-order valence-electron chi connectivity index (χ0n) is 6.56. The molecule has 0 amide bonds. The Morgan fingerprint density at radius 3 is 2.50 bits per heavy atom. The molecule has 0 radical (unpaired) electrons. The Morgan fingerprint density at radius 1 is 1.33 bits per heavy atom. The lowest BCUT2D eigenvalue weighted by atomic mass is 10.3. The third kappa shape index (κ3) is 2.77. The van der Waals surface area contributed by atoms with Crippen LogP contribution in [0.1, 0.15) is 6.92 Å². The molecule has 0 atom stereocenters. The van der Waals surface area contributed by atoms with E-state index in [1.54, 1.807) is 0 Å². The highest BCUT2D eigenvalue weighted by atomic mass is 16.8. The monoisotopic (exact) mass is 170 g/mol. The van der Waals surface area contributed by atoms with Gasteiger partial charge in [-0.3, -0.25) is 0 Å². The highest BCUT2D eigenvalue weighted by Gasteiger charge is 2.16. The van der Waals surface area contributed by atoms with Crippen LogP contribution in [-0.2, 0) is 0 Å². The summed E-state index contributed by atoms with van der Waals surface area (Å²) in [7, 11) is 0. The van der Waals surface area contributed by atoms with Crippen LogP contribution in [0.15, 0.2) is 24.3 Å². The maximum absolute atomic E-state index is 8.97. The average molecular weight is 170 g/mol. The van der Waals surface area contributed by atoms with Crippen molar-refractivity contribution < 1.29 is 20.1 Å². The van der Waals surface area contributed by atoms with Gasteiger partial charge in [-0.25, -0.2) is 0 Å². The molecular weight excluding hydrogens is 160 g/mol. The summed E-state index contributed by atoms with van der Waals surface area (Å²) < 4.78 is 4.63. The topological polar surface area (TPSA) is 69.9 Å². The molecule has 0 aromatic heterocycles. The van der Waals surface area contributed by atoms with Crippen LogP contribution in [0.5, 0.6) is 11.5 Å². The molecule has 0 fully saturated rings. The van der Waals surface area contributed by atoms with Crippen LogP contribution in [-0.4, -0.2) is 21.3 Å². The average Bonchev–Trinajstić information content (AvgIpc) is 1.82. The van der Waals surface area contributed by atoms with Crippen LogP contribution >= 0.6 is 0 Å². The quantitative estimate of drug-likeness (QED) is 0.563. The highest BCUT2D eigenvalue weighted by molar-refractivity contribution is 5.31. The summed E-state index contributed by atoms with van der Waals surface area (Å²) in [6.45, 7) is 1.08. The molecule has 0 aliphatic carbocycles. The predicted octanol–water partition coefficient (Wildman–Crippen LogP) is 0.429. The smallest absolute Gasteiger partial charge is 0.318 e. The fourth-order valence-corrected chi connectivity index (χ4v) is 0.770. The van der Waals surface area contributed by atoms with Crippen LogP contribution in [0.2, 0.25) is 0 Å². The van der Waals surface area contributed by atoms with Crippen molar-refractivity contribution in [1.29, 1.82) is 0 Å². The third-order valence-corrected chi connectivity index (χ3v) is 1.13. The van der Waals surface area contributed by atoms with Gasteiger partial charge in [-0.1, -0.05) is 6.07 Å². The first-order chi connectivity index (χ1) is 5.47. The maximum atomic E-state index is 8.97. The van der Waals surface area contributed by atoms with Gasteiger partial charge in [-0.05, 0) is 12.1 Å². The SMILES string of the molecule is CC(O)(O)Oc1cccc(O)c1. The van der Waals surface area contributed by atoms with E-state index in [2.05, 4.69) is 4.74 Å². The van der Waals surface area contributed by atoms with Crippen molar-refractivity contribution in [2.75, 3.05) is 0 Å². The highest BCUT2D eigenvalue weighted by Crippen LogP contribution is 2.20. The van der Waals surface area contributed by atoms with E-state index in [0.717, 1.165) is 6.92 Å². The molecular formula is C8H10O4. The van der Waals surface area contributed by atoms with Gasteiger partial charge in [0, 0.05) is 13.0 Å². The van der Waals surface area contributed by atoms with Gasteiger partial charge in [0.25, 0.3) is 0 Å². The second-order valence-corrected chi connectivity index (χ2v) is 2.53. The van der Waals surface area contributed by atoms with E-state index in [1.807, 2.05) is 0 Å². The molecule has 0 saturated heterocycles. The summed E-state index contributed by atoms with van der Waals surface area (Å²) in [6.07, 6.45) is 0. The minimum Gasteiger partial charge on any atom is -0.508 e. The number of phenols is 1. The number of hydrogen-bond acceptors (Lipinski definition) is 4. The number of rotatable bonds is 2. The lowest BCUT2D eigenvalue weighted by molar-refractivity contribution is -0.277. The molecule has 1 aromatic rings. The van der Waals surface area contributed by atoms with Gasteiger partial charge in [0.15, 0.2) is 0 Å². The summed E-state index contributed by atoms with van der Waals surface area (Å²) >= 11 is 0. The third-order valence-electron chi connectivity index (χ3n) is 1.13. The molecule has 4 nitrogen and oxygen atoms in total. The predicted molar refractivity (Wildman–Crippen MR) is 41.6 cm³/mol. The Bertz CT molecular complexity index is 264. The van der Waals surface area contributed by atoms with Crippen molar-refractivity contribution in [2.24, 2.45) is 0 Å². The number of aromatic hydroxyl groups is 1. The first-order valence-electron chi connectivity index (χ1n) is 3.40. The summed E-state index contributed by atoms with van der Waals surface area (Å²) in [5.41, 5.74) is 0. The van der Waals surface area contributed by atoms with Crippen molar-refractivity contribution >= 4 is 0 Å². The van der Waals surface area contributed by atoms with E-state index in [4.69, 9.17) is 15.3 Å². The lowest BCUT2D eigenvalue weighted by Crippen LogP contribution is -2.30. The van der Waals surface area contributed by atoms with E-state index in [9.17, 15) is 0 Å². The van der Waals surface area contributed by atoms with E-state index < -0.39 is 5.97 Å². The molecule has 0 spiro atoms. The molecule has 0 heterocycles. The fraction of sp³-hybridized carbons (Fsp3) is 0.250. The Morgan fingerprint density at radius 2 is 2.00 bits per heavy atom. The first kappa shape index (κ1) is 8.83. The molecule has 0 aliphatic heterocycles. The van der Waals surface area contributed by atoms with Crippen LogP contribution in [0.3, 0.4) is 0 Å². The van der Waals surface area contributed by atoms with E-state index in [-0.39, 0.29) is 11.5 Å². The lowest BCUT2D eigenvalue weighted by Gasteiger charge is -2.17. The number of benzene rings is 1. The first-order valence-corrected chi connectivity index (χ1v) is 3.40. The van der Waals surface area contributed by atoms with Gasteiger partial charge in [-0.2, -0.15) is 0 Å². The van der Waals surface area contributed by atoms with Gasteiger partial charge in [-0.15, -0.1) is 0 Å². The maximum Gasteiger partial charge on any atom is 0.318 e. The van der Waals surface area contributed by atoms with Gasteiger partial charge >= 0.3 is 5.97 Å². The molecule has 3 N–H and O–H groups in total. The molecule has 0 saturated carbocycles. The molecule has 66 valence electrons. The van der Waals surface area contributed by atoms with E-state index in [0.29, 0.717) is 0 Å². The van der Waals surface area contributed by atoms with Gasteiger partial charge in [0.1, 0.15) is 11.5 Å². The van der Waals surface area contributed by atoms with Crippen molar-refractivity contribution in [3.63, 3.8) is 0 Å². The number of aliphatic hydroxyl groups is 2. The Kier molecular flexibility index (Phi) is 2.21. The van der Waals surface area contributed by atoms with Gasteiger partial charge in [0.2, 0.25) is 0 Å². The molecule has 0 aliphatic rings. The summed E-state index contributed by atoms with van der Waals surface area (Å²) in [6, 6.07) is 5.78. The Hall–Kier alpha value is -1.26. The second kappa shape index (κ2) is 3.00. The largest absolute Gasteiger partial charge is 0.508 e. The fourth-order valence-electron chi connectivity index (χ4n) is 0.770. The molecule has 0 unspecified atom stereocenters. The minimum absolute atomic E-state index is 0.0109. The van der Waals surface area contributed by atoms with Crippen LogP contribution in [0, 0.1) is 0 Å². The summed E-state index contributed by atoms with van der Waals surface area (Å²) in [4.78, 5) is 0. The second-order valence-electron chi connectivity index (χ2n) is 2.53. The summed E-state index contributed by atoms with van der Waals surface area (Å²) in [5, 5.41) is 26.6. The van der Waals surface area contributed by atoms with Crippen molar-refractivity contribution in [1.82, 2.24) is 0 Å². The molecule has 4 heteroatoms. The molecule has 1 rings (SSSR count). The number of ether oxygens (including phenoxy) is 1. The van der Waals surface area contributed by atoms with Crippen LogP contribution < -0.4 is 4.74 Å². The minimum atomic E-state index is -2.21. The standard InChI is InChI=1S/C8H10O4/c1-8(10,11)12-7-4-2-3-6(9)5-7/h2-5,9-11H,1H3. The normalized spacial score (nSPS) is 11.2. The molecule has 1 aromatic carbocycles. The van der Waals surface area contributed by atoms with Crippen molar-refractivity contribution in [2.45, 2.75) is 12.9 Å². The molecule has 12 heavy (non-hydrogen) atoms. The van der Waals surface area contributed by atoms with Gasteiger partial charge in [0.05, 0.1) is 0 Å². The van der Waals surface area contributed by atoms with Crippen LogP contribution in [0.4, 0.5) is 0 Å². The van der Waals surface area contributed by atoms with E-state index >= 15 is 0 Å². The number of hydrogen-bond donors (Lipinski definition) is 3. The Balaban J connectivity index is 2.77. The van der Waals surface area contributed by atoms with Crippen molar-refractivity contribution in [3.8, 4) is 11.5 Å². The zero-order chi connectivity index (χ0) is 9.19. The van der Waals surface area contributed by atoms with E-state index in [1.165, 1.54) is 24.3 Å². The Labute approximate surface area is 69.7 Å².